The first-order valence-electron chi connectivity index (χ1n) is 11.4. The topological polar surface area (TPSA) is 80.9 Å². The van der Waals surface area contributed by atoms with E-state index in [4.69, 9.17) is 16.3 Å². The number of hydrogen-bond donors (Lipinski definition) is 1. The molecule has 1 aliphatic heterocycles. The van der Waals surface area contributed by atoms with Crippen molar-refractivity contribution in [3.8, 4) is 5.69 Å². The molecule has 0 unspecified atom stereocenters. The summed E-state index contributed by atoms with van der Waals surface area (Å²) in [6, 6.07) is 16.7. The van der Waals surface area contributed by atoms with Crippen molar-refractivity contribution in [1.82, 2.24) is 4.57 Å². The van der Waals surface area contributed by atoms with Crippen molar-refractivity contribution >= 4 is 46.4 Å². The van der Waals surface area contributed by atoms with E-state index in [-0.39, 0.29) is 33.6 Å². The van der Waals surface area contributed by atoms with E-state index in [1.54, 1.807) is 37.3 Å². The van der Waals surface area contributed by atoms with Gasteiger partial charge in [-0.05, 0) is 69.7 Å². The maximum atomic E-state index is 12.8. The summed E-state index contributed by atoms with van der Waals surface area (Å²) >= 11 is 7.19. The summed E-state index contributed by atoms with van der Waals surface area (Å²) in [7, 11) is 0. The molecule has 1 aliphatic rings. The highest BCUT2D eigenvalue weighted by Gasteiger charge is 2.34. The Bertz CT molecular complexity index is 1450. The molecule has 6 nitrogen and oxygen atoms in total. The van der Waals surface area contributed by atoms with E-state index < -0.39 is 11.9 Å². The van der Waals surface area contributed by atoms with Crippen LogP contribution >= 0.6 is 23.4 Å². The van der Waals surface area contributed by atoms with E-state index in [1.807, 2.05) is 26.8 Å². The maximum Gasteiger partial charge on any atom is 0.344 e. The lowest BCUT2D eigenvalue weighted by atomic mass is 10.1. The predicted octanol–water partition coefficient (Wildman–Crippen LogP) is 6.76. The third kappa shape index (κ3) is 5.03. The highest BCUT2D eigenvalue weighted by molar-refractivity contribution is 8.18. The second-order valence-electron chi connectivity index (χ2n) is 8.25. The minimum Gasteiger partial charge on any atom is -0.506 e. The highest BCUT2D eigenvalue weighted by Crippen LogP contribution is 2.40. The number of ether oxygens (including phenoxy) is 1. The summed E-state index contributed by atoms with van der Waals surface area (Å²) in [5.41, 5.74) is 5.11. The molecule has 1 aromatic heterocycles. The largest absolute Gasteiger partial charge is 0.506 e. The summed E-state index contributed by atoms with van der Waals surface area (Å²) in [5.74, 6) is -1.64. The average Bonchev–Trinajstić information content (AvgIpc) is 3.29. The first-order chi connectivity index (χ1) is 17.2. The van der Waals surface area contributed by atoms with Gasteiger partial charge in [-0.25, -0.2) is 9.79 Å². The quantitative estimate of drug-likeness (QED) is 0.376. The lowest BCUT2D eigenvalue weighted by molar-refractivity contribution is -0.138. The Balaban J connectivity index is 1.76. The summed E-state index contributed by atoms with van der Waals surface area (Å²) in [5, 5.41) is 11.3. The Kier molecular flexibility index (Phi) is 7.52. The van der Waals surface area contributed by atoms with Crippen LogP contribution in [0.3, 0.4) is 0 Å². The number of aromatic nitrogens is 1. The molecule has 2 aromatic carbocycles. The summed E-state index contributed by atoms with van der Waals surface area (Å²) in [6.07, 6.45) is 1.79. The van der Waals surface area contributed by atoms with Gasteiger partial charge in [0.15, 0.2) is 0 Å². The van der Waals surface area contributed by atoms with Gasteiger partial charge in [-0.15, -0.1) is 0 Å². The number of esters is 1. The van der Waals surface area contributed by atoms with Gasteiger partial charge < -0.3 is 14.4 Å². The van der Waals surface area contributed by atoms with Gasteiger partial charge in [-0.1, -0.05) is 53.2 Å². The number of aliphatic imine (C=N–C) groups is 1. The highest BCUT2D eigenvalue weighted by atomic mass is 35.5. The number of rotatable bonds is 5. The van der Waals surface area contributed by atoms with Gasteiger partial charge in [0.25, 0.3) is 5.91 Å². The number of carbonyl (C=O) groups is 2. The van der Waals surface area contributed by atoms with E-state index in [0.29, 0.717) is 4.91 Å². The molecule has 8 heteroatoms. The standard InChI is InChI=1S/C28H25ClN2O4S/c1-5-35-28(34)24-25(32)23(36-27(24)30-26(33)21-8-6-7-9-22(21)29)15-19-14-17(3)31(18(19)4)20-12-10-16(2)11-13-20/h6-15,32H,5H2,1-4H3/b23-15-,30-27?. The molecule has 1 amide bonds. The molecule has 0 radical (unpaired) electrons. The van der Waals surface area contributed by atoms with Crippen molar-refractivity contribution < 1.29 is 19.4 Å². The number of halogens is 1. The average molecular weight is 521 g/mol. The summed E-state index contributed by atoms with van der Waals surface area (Å²) in [6.45, 7) is 7.81. The summed E-state index contributed by atoms with van der Waals surface area (Å²) in [4.78, 5) is 30.0. The number of aliphatic hydroxyl groups excluding tert-OH is 1. The molecule has 36 heavy (non-hydrogen) atoms. The Labute approximate surface area is 219 Å². The van der Waals surface area contributed by atoms with Gasteiger partial charge in [-0.3, -0.25) is 4.79 Å². The van der Waals surface area contributed by atoms with Crippen molar-refractivity contribution in [2.45, 2.75) is 27.7 Å². The van der Waals surface area contributed by atoms with Crippen LogP contribution in [0.4, 0.5) is 0 Å². The van der Waals surface area contributed by atoms with Gasteiger partial charge in [0.2, 0.25) is 0 Å². The number of aryl methyl sites for hydroxylation is 2. The second kappa shape index (κ2) is 10.6. The van der Waals surface area contributed by atoms with Gasteiger partial charge in [0.1, 0.15) is 16.4 Å². The van der Waals surface area contributed by atoms with E-state index in [1.165, 1.54) is 5.56 Å². The zero-order chi connectivity index (χ0) is 26.0. The molecule has 3 aromatic rings. The van der Waals surface area contributed by atoms with Crippen LogP contribution in [0.2, 0.25) is 5.02 Å². The van der Waals surface area contributed by atoms with Crippen molar-refractivity contribution in [2.24, 2.45) is 4.99 Å². The molecule has 0 spiro atoms. The fraction of sp³-hybridized carbons (Fsp3) is 0.179. The smallest absolute Gasteiger partial charge is 0.344 e. The van der Waals surface area contributed by atoms with Crippen LogP contribution in [0.15, 0.2) is 75.8 Å². The van der Waals surface area contributed by atoms with Gasteiger partial charge >= 0.3 is 5.97 Å². The Morgan fingerprint density at radius 1 is 1.11 bits per heavy atom. The minimum absolute atomic E-state index is 0.0643. The van der Waals surface area contributed by atoms with Gasteiger partial charge in [-0.2, -0.15) is 0 Å². The molecular weight excluding hydrogens is 496 g/mol. The fourth-order valence-electron chi connectivity index (χ4n) is 3.95. The fourth-order valence-corrected chi connectivity index (χ4v) is 5.17. The molecule has 0 bridgehead atoms. The van der Waals surface area contributed by atoms with Crippen LogP contribution in [-0.4, -0.2) is 33.2 Å². The molecule has 4 rings (SSSR count). The first-order valence-corrected chi connectivity index (χ1v) is 12.5. The van der Waals surface area contributed by atoms with Crippen LogP contribution in [0.5, 0.6) is 0 Å². The Morgan fingerprint density at radius 2 is 1.81 bits per heavy atom. The second-order valence-corrected chi connectivity index (χ2v) is 9.69. The summed E-state index contributed by atoms with van der Waals surface area (Å²) < 4.78 is 7.25. The van der Waals surface area contributed by atoms with Crippen LogP contribution in [0, 0.1) is 20.8 Å². The molecule has 1 N–H and O–H groups in total. The van der Waals surface area contributed by atoms with Crippen molar-refractivity contribution in [1.29, 1.82) is 0 Å². The molecular formula is C28H25ClN2O4S. The van der Waals surface area contributed by atoms with Crippen molar-refractivity contribution in [3.63, 3.8) is 0 Å². The molecule has 0 atom stereocenters. The normalized spacial score (nSPS) is 15.7. The van der Waals surface area contributed by atoms with E-state index in [2.05, 4.69) is 33.8 Å². The Morgan fingerprint density at radius 3 is 2.47 bits per heavy atom. The number of amides is 1. The number of hydrogen-bond acceptors (Lipinski definition) is 5. The minimum atomic E-state index is -0.748. The predicted molar refractivity (Wildman–Crippen MR) is 145 cm³/mol. The monoisotopic (exact) mass is 520 g/mol. The number of aliphatic hydroxyl groups is 1. The lowest BCUT2D eigenvalue weighted by Crippen LogP contribution is -2.14. The molecule has 0 aliphatic carbocycles. The molecule has 184 valence electrons. The van der Waals surface area contributed by atoms with Gasteiger partial charge in [0.05, 0.1) is 22.1 Å². The number of benzene rings is 2. The maximum absolute atomic E-state index is 12.8. The van der Waals surface area contributed by atoms with Crippen molar-refractivity contribution in [2.75, 3.05) is 6.61 Å². The lowest BCUT2D eigenvalue weighted by Gasteiger charge is -2.10. The van der Waals surface area contributed by atoms with Crippen LogP contribution in [0.25, 0.3) is 11.8 Å². The molecule has 2 heterocycles. The SMILES string of the molecule is CCOC(=O)C1=C(O)/C(=C/c2cc(C)n(-c3ccc(C)cc3)c2C)SC1=NC(=O)c1ccccc1Cl. The number of nitrogens with zero attached hydrogens (tertiary/aromatic N) is 2. The number of thioether (sulfide) groups is 1. The van der Waals surface area contributed by atoms with E-state index >= 15 is 0 Å². The van der Waals surface area contributed by atoms with Crippen LogP contribution in [-0.2, 0) is 9.53 Å². The zero-order valence-electron chi connectivity index (χ0n) is 20.3. The first kappa shape index (κ1) is 25.5. The van der Waals surface area contributed by atoms with E-state index in [9.17, 15) is 14.7 Å². The third-order valence-electron chi connectivity index (χ3n) is 5.73. The Hall–Kier alpha value is -3.55. The van der Waals surface area contributed by atoms with Crippen LogP contribution in [0.1, 0.15) is 39.8 Å². The zero-order valence-corrected chi connectivity index (χ0v) is 21.9. The number of carbonyl (C=O) groups excluding carboxylic acids is 2. The molecule has 0 saturated heterocycles. The van der Waals surface area contributed by atoms with Crippen molar-refractivity contribution in [3.05, 3.63) is 104 Å². The molecule has 0 saturated carbocycles. The van der Waals surface area contributed by atoms with E-state index in [0.717, 1.165) is 34.4 Å². The van der Waals surface area contributed by atoms with Crippen LogP contribution < -0.4 is 0 Å². The van der Waals surface area contributed by atoms with Gasteiger partial charge in [0, 0.05) is 17.1 Å². The molecule has 0 fully saturated rings. The third-order valence-corrected chi connectivity index (χ3v) is 7.08.